The first-order valence-electron chi connectivity index (χ1n) is 6.49. The van der Waals surface area contributed by atoms with E-state index in [4.69, 9.17) is 11.6 Å². The molecule has 104 valence electrons. The second kappa shape index (κ2) is 5.19. The molecule has 0 saturated carbocycles. The minimum Gasteiger partial charge on any atom is -0.353 e. The maximum Gasteiger partial charge on any atom is 0.190 e. The SMILES string of the molecule is CC(=O)c1cc(Cl)c2[nH]c(-c3ccccc3)cc(=O)c2c1. The zero-order valence-corrected chi connectivity index (χ0v) is 12.1. The molecule has 1 heterocycles. The number of aromatic nitrogens is 1. The van der Waals surface area contributed by atoms with E-state index in [1.165, 1.54) is 13.0 Å². The average molecular weight is 298 g/mol. The number of hydrogen-bond donors (Lipinski definition) is 1. The number of pyridine rings is 1. The molecule has 0 spiro atoms. The van der Waals surface area contributed by atoms with Gasteiger partial charge in [0.05, 0.1) is 10.5 Å². The first-order chi connectivity index (χ1) is 10.1. The number of H-pyrrole nitrogens is 1. The van der Waals surface area contributed by atoms with E-state index in [1.54, 1.807) is 12.1 Å². The van der Waals surface area contributed by atoms with Gasteiger partial charge in [0.1, 0.15) is 0 Å². The van der Waals surface area contributed by atoms with Crippen molar-refractivity contribution in [1.82, 2.24) is 4.98 Å². The Labute approximate surface area is 126 Å². The number of carbonyl (C=O) groups excluding carboxylic acids is 1. The van der Waals surface area contributed by atoms with Gasteiger partial charge in [0, 0.05) is 22.7 Å². The molecule has 3 rings (SSSR count). The lowest BCUT2D eigenvalue weighted by Gasteiger charge is -2.07. The minimum atomic E-state index is -0.160. The molecule has 3 aromatic rings. The molecule has 21 heavy (non-hydrogen) atoms. The molecule has 0 saturated heterocycles. The van der Waals surface area contributed by atoms with Crippen molar-refractivity contribution in [2.75, 3.05) is 0 Å². The van der Waals surface area contributed by atoms with E-state index in [0.717, 1.165) is 5.56 Å². The van der Waals surface area contributed by atoms with Crippen molar-refractivity contribution in [3.63, 3.8) is 0 Å². The minimum absolute atomic E-state index is 0.120. The summed E-state index contributed by atoms with van der Waals surface area (Å²) in [6.07, 6.45) is 0. The maximum absolute atomic E-state index is 12.3. The highest BCUT2D eigenvalue weighted by Gasteiger charge is 2.10. The van der Waals surface area contributed by atoms with Gasteiger partial charge >= 0.3 is 0 Å². The Hall–Kier alpha value is -2.39. The van der Waals surface area contributed by atoms with E-state index in [1.807, 2.05) is 30.3 Å². The van der Waals surface area contributed by atoms with Crippen LogP contribution in [0.15, 0.2) is 53.3 Å². The lowest BCUT2D eigenvalue weighted by molar-refractivity contribution is 0.101. The van der Waals surface area contributed by atoms with Crippen LogP contribution in [0.1, 0.15) is 17.3 Å². The molecule has 0 fully saturated rings. The summed E-state index contributed by atoms with van der Waals surface area (Å²) in [5.74, 6) is -0.120. The van der Waals surface area contributed by atoms with Gasteiger partial charge in [0.25, 0.3) is 0 Å². The molecule has 0 unspecified atom stereocenters. The van der Waals surface area contributed by atoms with Crippen molar-refractivity contribution in [1.29, 1.82) is 0 Å². The smallest absolute Gasteiger partial charge is 0.190 e. The number of halogens is 1. The van der Waals surface area contributed by atoms with Crippen molar-refractivity contribution >= 4 is 28.3 Å². The fraction of sp³-hybridized carbons (Fsp3) is 0.0588. The quantitative estimate of drug-likeness (QED) is 0.725. The van der Waals surface area contributed by atoms with Gasteiger partial charge in [-0.25, -0.2) is 0 Å². The molecule has 0 radical (unpaired) electrons. The van der Waals surface area contributed by atoms with E-state index < -0.39 is 0 Å². The monoisotopic (exact) mass is 297 g/mol. The molecule has 2 aromatic carbocycles. The van der Waals surface area contributed by atoms with Gasteiger partial charge in [-0.3, -0.25) is 9.59 Å². The third-order valence-corrected chi connectivity index (χ3v) is 3.68. The molecule has 0 bridgehead atoms. The summed E-state index contributed by atoms with van der Waals surface area (Å²) in [5.41, 5.74) is 2.43. The molecule has 0 aliphatic heterocycles. The lowest BCUT2D eigenvalue weighted by Crippen LogP contribution is -2.05. The number of ketones is 1. The van der Waals surface area contributed by atoms with Crippen LogP contribution in [-0.2, 0) is 0 Å². The summed E-state index contributed by atoms with van der Waals surface area (Å²) in [4.78, 5) is 27.0. The van der Waals surface area contributed by atoms with Gasteiger partial charge in [-0.05, 0) is 24.6 Å². The summed E-state index contributed by atoms with van der Waals surface area (Å²) >= 11 is 6.22. The third-order valence-electron chi connectivity index (χ3n) is 3.38. The van der Waals surface area contributed by atoms with Crippen LogP contribution < -0.4 is 5.43 Å². The zero-order chi connectivity index (χ0) is 15.0. The van der Waals surface area contributed by atoms with Crippen LogP contribution in [0.2, 0.25) is 5.02 Å². The first-order valence-corrected chi connectivity index (χ1v) is 6.87. The summed E-state index contributed by atoms with van der Waals surface area (Å²) in [7, 11) is 0. The Balaban J connectivity index is 2.31. The van der Waals surface area contributed by atoms with Crippen LogP contribution in [0.4, 0.5) is 0 Å². The Kier molecular flexibility index (Phi) is 3.35. The van der Waals surface area contributed by atoms with Crippen LogP contribution in [-0.4, -0.2) is 10.8 Å². The summed E-state index contributed by atoms with van der Waals surface area (Å²) in [6.45, 7) is 1.45. The van der Waals surface area contributed by atoms with Crippen molar-refractivity contribution < 1.29 is 4.79 Å². The zero-order valence-electron chi connectivity index (χ0n) is 11.3. The Morgan fingerprint density at radius 2 is 1.81 bits per heavy atom. The number of benzene rings is 2. The predicted octanol–water partition coefficient (Wildman–Crippen LogP) is 4.05. The highest BCUT2D eigenvalue weighted by molar-refractivity contribution is 6.35. The second-order valence-electron chi connectivity index (χ2n) is 4.85. The molecule has 3 nitrogen and oxygen atoms in total. The number of carbonyl (C=O) groups is 1. The number of Topliss-reactive ketones (excluding diaryl/α,β-unsaturated/α-hetero) is 1. The normalized spacial score (nSPS) is 10.8. The van der Waals surface area contributed by atoms with Crippen molar-refractivity contribution in [3.05, 3.63) is 69.3 Å². The average Bonchev–Trinajstić information content (AvgIpc) is 2.48. The van der Waals surface area contributed by atoms with Crippen molar-refractivity contribution in [2.45, 2.75) is 6.92 Å². The molecular weight excluding hydrogens is 286 g/mol. The molecule has 1 N–H and O–H groups in total. The maximum atomic E-state index is 12.3. The molecule has 4 heteroatoms. The molecular formula is C17H12ClNO2. The number of rotatable bonds is 2. The van der Waals surface area contributed by atoms with Crippen molar-refractivity contribution in [3.8, 4) is 11.3 Å². The number of hydrogen-bond acceptors (Lipinski definition) is 2. The third kappa shape index (κ3) is 2.48. The van der Waals surface area contributed by atoms with Gasteiger partial charge < -0.3 is 4.98 Å². The highest BCUT2D eigenvalue weighted by Crippen LogP contribution is 2.25. The van der Waals surface area contributed by atoms with Gasteiger partial charge in [-0.1, -0.05) is 41.9 Å². The van der Waals surface area contributed by atoms with E-state index in [0.29, 0.717) is 27.2 Å². The summed E-state index contributed by atoms with van der Waals surface area (Å²) in [5, 5.41) is 0.792. The van der Waals surface area contributed by atoms with Gasteiger partial charge in [-0.15, -0.1) is 0 Å². The predicted molar refractivity (Wildman–Crippen MR) is 85.0 cm³/mol. The van der Waals surface area contributed by atoms with Crippen LogP contribution in [0, 0.1) is 0 Å². The molecule has 0 atom stereocenters. The van der Waals surface area contributed by atoms with Crippen LogP contribution in [0.5, 0.6) is 0 Å². The van der Waals surface area contributed by atoms with Crippen molar-refractivity contribution in [2.24, 2.45) is 0 Å². The van der Waals surface area contributed by atoms with Gasteiger partial charge in [-0.2, -0.15) is 0 Å². The molecule has 0 aliphatic carbocycles. The number of aromatic amines is 1. The van der Waals surface area contributed by atoms with E-state index in [-0.39, 0.29) is 11.2 Å². The standard InChI is InChI=1S/C17H12ClNO2/c1-10(20)12-7-13-16(21)9-15(11-5-3-2-4-6-11)19-17(13)14(18)8-12/h2-9H,1H3,(H,19,21). The van der Waals surface area contributed by atoms with E-state index >= 15 is 0 Å². The number of fused-ring (bicyclic) bond motifs is 1. The Morgan fingerprint density at radius 3 is 2.48 bits per heavy atom. The summed E-state index contributed by atoms with van der Waals surface area (Å²) in [6, 6.07) is 14.2. The fourth-order valence-corrected chi connectivity index (χ4v) is 2.55. The molecule has 1 aromatic heterocycles. The molecule has 0 amide bonds. The van der Waals surface area contributed by atoms with Gasteiger partial charge in [0.2, 0.25) is 0 Å². The first kappa shape index (κ1) is 13.6. The fourth-order valence-electron chi connectivity index (χ4n) is 2.28. The topological polar surface area (TPSA) is 49.9 Å². The van der Waals surface area contributed by atoms with E-state index in [9.17, 15) is 9.59 Å². The van der Waals surface area contributed by atoms with E-state index in [2.05, 4.69) is 4.98 Å². The Morgan fingerprint density at radius 1 is 1.10 bits per heavy atom. The Bertz CT molecular complexity index is 898. The van der Waals surface area contributed by atoms with Crippen LogP contribution in [0.25, 0.3) is 22.2 Å². The van der Waals surface area contributed by atoms with Crippen LogP contribution >= 0.6 is 11.6 Å². The highest BCUT2D eigenvalue weighted by atomic mass is 35.5. The largest absolute Gasteiger partial charge is 0.353 e. The summed E-state index contributed by atoms with van der Waals surface area (Å²) < 4.78 is 0. The molecule has 0 aliphatic rings. The van der Waals surface area contributed by atoms with Gasteiger partial charge in [0.15, 0.2) is 11.2 Å². The number of nitrogens with one attached hydrogen (secondary N) is 1. The second-order valence-corrected chi connectivity index (χ2v) is 5.26. The van der Waals surface area contributed by atoms with Crippen LogP contribution in [0.3, 0.4) is 0 Å². The lowest BCUT2D eigenvalue weighted by atomic mass is 10.1.